The zero-order valence-electron chi connectivity index (χ0n) is 16.8. The first-order valence-electron chi connectivity index (χ1n) is 10.1. The molecule has 0 saturated carbocycles. The van der Waals surface area contributed by atoms with Crippen LogP contribution in [0.4, 0.5) is 22.7 Å². The molecule has 2 amide bonds. The first-order chi connectivity index (χ1) is 14.4. The van der Waals surface area contributed by atoms with Crippen molar-refractivity contribution in [3.63, 3.8) is 0 Å². The highest BCUT2D eigenvalue weighted by Gasteiger charge is 2.35. The summed E-state index contributed by atoms with van der Waals surface area (Å²) in [4.78, 5) is 39.7. The summed E-state index contributed by atoms with van der Waals surface area (Å²) in [7, 11) is 0. The maximum atomic E-state index is 12.7. The number of nitrogens with one attached hydrogen (secondary N) is 1. The van der Waals surface area contributed by atoms with Gasteiger partial charge in [0.25, 0.3) is 5.69 Å². The number of nitro groups is 1. The fourth-order valence-electron chi connectivity index (χ4n) is 4.04. The molecule has 2 aromatic rings. The Hall–Kier alpha value is -3.42. The molecule has 4 rings (SSSR count). The lowest BCUT2D eigenvalue weighted by molar-refractivity contribution is -0.384. The van der Waals surface area contributed by atoms with Crippen LogP contribution >= 0.6 is 0 Å². The summed E-state index contributed by atoms with van der Waals surface area (Å²) in [5, 5.41) is 13.8. The van der Waals surface area contributed by atoms with Crippen LogP contribution in [-0.2, 0) is 9.59 Å². The van der Waals surface area contributed by atoms with Crippen LogP contribution < -0.4 is 15.1 Å². The van der Waals surface area contributed by atoms with Gasteiger partial charge in [0.1, 0.15) is 0 Å². The molecule has 8 heteroatoms. The van der Waals surface area contributed by atoms with E-state index in [0.717, 1.165) is 30.0 Å². The largest absolute Gasteiger partial charge is 0.372 e. The number of hydrogen-bond donors (Lipinski definition) is 1. The highest BCUT2D eigenvalue weighted by molar-refractivity contribution is 6.03. The van der Waals surface area contributed by atoms with Crippen molar-refractivity contribution >= 4 is 34.6 Å². The smallest absolute Gasteiger partial charge is 0.271 e. The Morgan fingerprint density at radius 3 is 2.43 bits per heavy atom. The van der Waals surface area contributed by atoms with E-state index >= 15 is 0 Å². The third-order valence-electron chi connectivity index (χ3n) is 5.82. The number of amides is 2. The Bertz CT molecular complexity index is 983. The molecule has 2 fully saturated rings. The third-order valence-corrected chi connectivity index (χ3v) is 5.82. The van der Waals surface area contributed by atoms with Crippen molar-refractivity contribution < 1.29 is 14.5 Å². The van der Waals surface area contributed by atoms with Crippen molar-refractivity contribution in [2.75, 3.05) is 34.8 Å². The van der Waals surface area contributed by atoms with E-state index in [1.54, 1.807) is 17.9 Å². The van der Waals surface area contributed by atoms with E-state index in [4.69, 9.17) is 0 Å². The first-order valence-corrected chi connectivity index (χ1v) is 10.1. The zero-order valence-corrected chi connectivity index (χ0v) is 16.8. The van der Waals surface area contributed by atoms with Crippen LogP contribution in [0.5, 0.6) is 0 Å². The Balaban J connectivity index is 1.43. The molecule has 156 valence electrons. The fraction of sp³-hybridized carbons (Fsp3) is 0.364. The summed E-state index contributed by atoms with van der Waals surface area (Å²) >= 11 is 0. The number of nitro benzene ring substituents is 1. The standard InChI is InChI=1S/C22H24N4O4/c1-15-4-5-19(26(29)30)13-20(15)23-22(28)16-12-21(27)25(14-16)18-8-6-17(7-9-18)24-10-2-3-11-24/h4-9,13,16H,2-3,10-12,14H2,1H3,(H,23,28). The Labute approximate surface area is 174 Å². The van der Waals surface area contributed by atoms with Crippen molar-refractivity contribution in [3.8, 4) is 0 Å². The highest BCUT2D eigenvalue weighted by Crippen LogP contribution is 2.30. The van der Waals surface area contributed by atoms with Gasteiger partial charge in [0.05, 0.1) is 16.5 Å². The number of non-ortho nitro benzene ring substituents is 1. The fourth-order valence-corrected chi connectivity index (χ4v) is 4.04. The molecule has 2 aliphatic heterocycles. The minimum absolute atomic E-state index is 0.0851. The minimum Gasteiger partial charge on any atom is -0.372 e. The van der Waals surface area contributed by atoms with Gasteiger partial charge in [0, 0.05) is 49.6 Å². The summed E-state index contributed by atoms with van der Waals surface area (Å²) in [6.45, 7) is 4.18. The lowest BCUT2D eigenvalue weighted by Crippen LogP contribution is -2.28. The summed E-state index contributed by atoms with van der Waals surface area (Å²) in [5.74, 6) is -0.905. The van der Waals surface area contributed by atoms with Crippen LogP contribution in [-0.4, -0.2) is 36.4 Å². The second kappa shape index (κ2) is 8.14. The van der Waals surface area contributed by atoms with Crippen molar-refractivity contribution in [1.29, 1.82) is 0 Å². The van der Waals surface area contributed by atoms with Gasteiger partial charge in [0.15, 0.2) is 0 Å². The van der Waals surface area contributed by atoms with Gasteiger partial charge in [-0.2, -0.15) is 0 Å². The third kappa shape index (κ3) is 3.98. The molecule has 1 unspecified atom stereocenters. The number of hydrogen-bond acceptors (Lipinski definition) is 5. The second-order valence-electron chi connectivity index (χ2n) is 7.86. The van der Waals surface area contributed by atoms with Crippen LogP contribution in [0.25, 0.3) is 0 Å². The lowest BCUT2D eigenvalue weighted by atomic mass is 10.1. The van der Waals surface area contributed by atoms with Crippen LogP contribution in [0.15, 0.2) is 42.5 Å². The maximum absolute atomic E-state index is 12.7. The summed E-state index contributed by atoms with van der Waals surface area (Å²) < 4.78 is 0. The molecule has 2 saturated heterocycles. The van der Waals surface area contributed by atoms with Crippen LogP contribution in [0.2, 0.25) is 0 Å². The summed E-state index contributed by atoms with van der Waals surface area (Å²) in [6, 6.07) is 12.2. The molecule has 2 aliphatic rings. The summed E-state index contributed by atoms with van der Waals surface area (Å²) in [6.07, 6.45) is 2.52. The zero-order chi connectivity index (χ0) is 21.3. The van der Waals surface area contributed by atoms with E-state index in [1.165, 1.54) is 25.0 Å². The van der Waals surface area contributed by atoms with E-state index in [0.29, 0.717) is 12.2 Å². The van der Waals surface area contributed by atoms with E-state index in [9.17, 15) is 19.7 Å². The molecule has 2 heterocycles. The number of nitrogens with zero attached hydrogens (tertiary/aromatic N) is 3. The second-order valence-corrected chi connectivity index (χ2v) is 7.86. The SMILES string of the molecule is Cc1ccc([N+](=O)[O-])cc1NC(=O)C1CC(=O)N(c2ccc(N3CCCC3)cc2)C1. The summed E-state index contributed by atoms with van der Waals surface area (Å²) in [5.41, 5.74) is 2.98. The molecule has 1 atom stereocenters. The van der Waals surface area contributed by atoms with Gasteiger partial charge in [-0.15, -0.1) is 0 Å². The Morgan fingerprint density at radius 1 is 1.10 bits per heavy atom. The first kappa shape index (κ1) is 19.9. The van der Waals surface area contributed by atoms with Gasteiger partial charge in [0.2, 0.25) is 11.8 Å². The van der Waals surface area contributed by atoms with Gasteiger partial charge < -0.3 is 15.1 Å². The number of benzene rings is 2. The van der Waals surface area contributed by atoms with Gasteiger partial charge in [-0.1, -0.05) is 6.07 Å². The van der Waals surface area contributed by atoms with E-state index in [-0.39, 0.29) is 23.9 Å². The van der Waals surface area contributed by atoms with Crippen molar-refractivity contribution in [2.24, 2.45) is 5.92 Å². The topological polar surface area (TPSA) is 95.8 Å². The van der Waals surface area contributed by atoms with Crippen molar-refractivity contribution in [1.82, 2.24) is 0 Å². The van der Waals surface area contributed by atoms with E-state index < -0.39 is 10.8 Å². The molecule has 0 aliphatic carbocycles. The number of carbonyl (C=O) groups excluding carboxylic acids is 2. The molecule has 8 nitrogen and oxygen atoms in total. The monoisotopic (exact) mass is 408 g/mol. The molecule has 0 aromatic heterocycles. The van der Waals surface area contributed by atoms with Crippen molar-refractivity contribution in [3.05, 3.63) is 58.1 Å². The quantitative estimate of drug-likeness (QED) is 0.603. The van der Waals surface area contributed by atoms with Crippen LogP contribution in [0, 0.1) is 23.0 Å². The van der Waals surface area contributed by atoms with Crippen molar-refractivity contribution in [2.45, 2.75) is 26.2 Å². The Morgan fingerprint density at radius 2 is 1.77 bits per heavy atom. The lowest BCUT2D eigenvalue weighted by Gasteiger charge is -2.20. The Kier molecular flexibility index (Phi) is 5.39. The van der Waals surface area contributed by atoms with Gasteiger partial charge in [-0.05, 0) is 49.6 Å². The number of rotatable bonds is 5. The molecule has 2 aromatic carbocycles. The molecular weight excluding hydrogens is 384 g/mol. The molecular formula is C22H24N4O4. The maximum Gasteiger partial charge on any atom is 0.271 e. The van der Waals surface area contributed by atoms with Gasteiger partial charge in [-0.3, -0.25) is 19.7 Å². The predicted octanol–water partition coefficient (Wildman–Crippen LogP) is 3.50. The molecule has 1 N–H and O–H groups in total. The molecule has 0 spiro atoms. The number of anilines is 3. The molecule has 0 bridgehead atoms. The average molecular weight is 408 g/mol. The van der Waals surface area contributed by atoms with Gasteiger partial charge >= 0.3 is 0 Å². The molecule has 0 radical (unpaired) electrons. The molecule has 30 heavy (non-hydrogen) atoms. The number of aryl methyl sites for hydroxylation is 1. The van der Waals surface area contributed by atoms with E-state index in [2.05, 4.69) is 10.2 Å². The predicted molar refractivity (Wildman–Crippen MR) is 115 cm³/mol. The number of carbonyl (C=O) groups is 2. The van der Waals surface area contributed by atoms with E-state index in [1.807, 2.05) is 24.3 Å². The van der Waals surface area contributed by atoms with Crippen LogP contribution in [0.3, 0.4) is 0 Å². The average Bonchev–Trinajstić information content (AvgIpc) is 3.39. The normalized spacial score (nSPS) is 18.7. The minimum atomic E-state index is -0.505. The van der Waals surface area contributed by atoms with Crippen LogP contribution in [0.1, 0.15) is 24.8 Å². The highest BCUT2D eigenvalue weighted by atomic mass is 16.6. The van der Waals surface area contributed by atoms with Gasteiger partial charge in [-0.25, -0.2) is 0 Å².